The number of benzene rings is 1. The molecule has 1 aromatic carbocycles. The number of nitrogens with one attached hydrogen (secondary N) is 2. The molecule has 1 aromatic rings. The van der Waals surface area contributed by atoms with Crippen molar-refractivity contribution in [1.29, 1.82) is 0 Å². The summed E-state index contributed by atoms with van der Waals surface area (Å²) in [6, 6.07) is 7.43. The molecule has 24 heavy (non-hydrogen) atoms. The van der Waals surface area contributed by atoms with Crippen molar-refractivity contribution in [2.75, 3.05) is 40.3 Å². The van der Waals surface area contributed by atoms with E-state index in [0.717, 1.165) is 24.2 Å². The number of nitrogens with zero attached hydrogens (tertiary/aromatic N) is 2. The van der Waals surface area contributed by atoms with Gasteiger partial charge in [-0.3, -0.25) is 4.99 Å². The summed E-state index contributed by atoms with van der Waals surface area (Å²) >= 11 is 5.88. The third kappa shape index (κ3) is 6.57. The molecule has 1 saturated heterocycles. The fraction of sp³-hybridized carbons (Fsp3) is 0.611. The third-order valence-electron chi connectivity index (χ3n) is 4.33. The number of rotatable bonds is 6. The number of guanidine groups is 1. The van der Waals surface area contributed by atoms with Crippen molar-refractivity contribution in [2.45, 2.75) is 25.9 Å². The Morgan fingerprint density at radius 2 is 1.96 bits per heavy atom. The van der Waals surface area contributed by atoms with Crippen LogP contribution in [0.5, 0.6) is 5.75 Å². The molecule has 1 aliphatic rings. The van der Waals surface area contributed by atoms with Gasteiger partial charge < -0.3 is 20.3 Å². The maximum Gasteiger partial charge on any atom is 0.191 e. The number of aliphatic imine (C=N–C) groups is 1. The Kier molecular flexibility index (Phi) is 7.66. The van der Waals surface area contributed by atoms with Crippen LogP contribution >= 0.6 is 11.6 Å². The van der Waals surface area contributed by atoms with Gasteiger partial charge in [0.2, 0.25) is 0 Å². The lowest BCUT2D eigenvalue weighted by molar-refractivity contribution is 0.218. The van der Waals surface area contributed by atoms with Gasteiger partial charge in [-0.2, -0.15) is 0 Å². The van der Waals surface area contributed by atoms with E-state index in [-0.39, 0.29) is 6.10 Å². The van der Waals surface area contributed by atoms with E-state index in [0.29, 0.717) is 11.6 Å². The monoisotopic (exact) mass is 352 g/mol. The molecule has 0 saturated carbocycles. The largest absolute Gasteiger partial charge is 0.489 e. The Morgan fingerprint density at radius 3 is 2.58 bits per heavy atom. The van der Waals surface area contributed by atoms with E-state index in [2.05, 4.69) is 27.6 Å². The van der Waals surface area contributed by atoms with Crippen molar-refractivity contribution in [3.8, 4) is 5.75 Å². The highest BCUT2D eigenvalue weighted by atomic mass is 35.5. The average molecular weight is 353 g/mol. The van der Waals surface area contributed by atoms with Gasteiger partial charge in [0, 0.05) is 18.6 Å². The van der Waals surface area contributed by atoms with Gasteiger partial charge in [0.25, 0.3) is 0 Å². The molecule has 0 radical (unpaired) electrons. The number of hydrogen-bond donors (Lipinski definition) is 2. The molecule has 2 N–H and O–H groups in total. The lowest BCUT2D eigenvalue weighted by Crippen LogP contribution is -2.44. The van der Waals surface area contributed by atoms with E-state index in [1.54, 1.807) is 7.05 Å². The van der Waals surface area contributed by atoms with Crippen LogP contribution < -0.4 is 15.4 Å². The minimum atomic E-state index is 0.0352. The zero-order valence-corrected chi connectivity index (χ0v) is 15.6. The summed E-state index contributed by atoms with van der Waals surface area (Å²) in [5.74, 6) is 2.38. The Balaban J connectivity index is 1.67. The summed E-state index contributed by atoms with van der Waals surface area (Å²) in [6.45, 7) is 6.07. The van der Waals surface area contributed by atoms with Crippen LogP contribution in [0.25, 0.3) is 0 Å². The zero-order chi connectivity index (χ0) is 17.4. The van der Waals surface area contributed by atoms with Gasteiger partial charge in [-0.1, -0.05) is 11.6 Å². The Labute approximate surface area is 150 Å². The van der Waals surface area contributed by atoms with E-state index in [1.807, 2.05) is 31.2 Å². The molecule has 0 spiro atoms. The topological polar surface area (TPSA) is 48.9 Å². The van der Waals surface area contributed by atoms with Crippen LogP contribution in [0.15, 0.2) is 29.3 Å². The van der Waals surface area contributed by atoms with Crippen LogP contribution in [0.2, 0.25) is 5.02 Å². The molecule has 1 atom stereocenters. The van der Waals surface area contributed by atoms with Crippen molar-refractivity contribution >= 4 is 17.6 Å². The van der Waals surface area contributed by atoms with Crippen LogP contribution in [0, 0.1) is 5.92 Å². The predicted molar refractivity (Wildman–Crippen MR) is 101 cm³/mol. The molecule has 2 rings (SSSR count). The number of ether oxygens (including phenoxy) is 1. The van der Waals surface area contributed by atoms with Crippen LogP contribution in [0.1, 0.15) is 19.8 Å². The highest BCUT2D eigenvalue weighted by Gasteiger charge is 2.16. The first-order valence-corrected chi connectivity index (χ1v) is 9.00. The van der Waals surface area contributed by atoms with Crippen molar-refractivity contribution in [3.63, 3.8) is 0 Å². The fourth-order valence-corrected chi connectivity index (χ4v) is 2.88. The van der Waals surface area contributed by atoms with Crippen molar-refractivity contribution in [3.05, 3.63) is 29.3 Å². The Hall–Kier alpha value is -1.46. The first-order chi connectivity index (χ1) is 11.6. The second-order valence-electron chi connectivity index (χ2n) is 6.46. The van der Waals surface area contributed by atoms with Crippen molar-refractivity contribution in [1.82, 2.24) is 15.5 Å². The van der Waals surface area contributed by atoms with Crippen LogP contribution in [-0.2, 0) is 0 Å². The summed E-state index contributed by atoms with van der Waals surface area (Å²) in [7, 11) is 3.99. The maximum atomic E-state index is 5.88. The average Bonchev–Trinajstić information content (AvgIpc) is 2.58. The van der Waals surface area contributed by atoms with Gasteiger partial charge in [-0.05, 0) is 70.1 Å². The second kappa shape index (κ2) is 9.74. The molecule has 0 amide bonds. The quantitative estimate of drug-likeness (QED) is 0.610. The van der Waals surface area contributed by atoms with Gasteiger partial charge in [0.15, 0.2) is 5.96 Å². The lowest BCUT2D eigenvalue weighted by Gasteiger charge is -2.29. The molecule has 0 aromatic heterocycles. The second-order valence-corrected chi connectivity index (χ2v) is 6.90. The smallest absolute Gasteiger partial charge is 0.191 e. The van der Waals surface area contributed by atoms with Crippen LogP contribution in [0.3, 0.4) is 0 Å². The van der Waals surface area contributed by atoms with E-state index in [4.69, 9.17) is 16.3 Å². The molecule has 6 heteroatoms. The number of piperidine rings is 1. The molecule has 134 valence electrons. The summed E-state index contributed by atoms with van der Waals surface area (Å²) < 4.78 is 5.86. The first kappa shape index (κ1) is 18.9. The Bertz CT molecular complexity index is 512. The first-order valence-electron chi connectivity index (χ1n) is 8.62. The number of likely N-dealkylation sites (tertiary alicyclic amines) is 1. The minimum absolute atomic E-state index is 0.0352. The molecule has 1 heterocycles. The van der Waals surface area contributed by atoms with Crippen molar-refractivity contribution in [2.24, 2.45) is 10.9 Å². The normalized spacial score (nSPS) is 18.2. The van der Waals surface area contributed by atoms with Gasteiger partial charge in [-0.15, -0.1) is 0 Å². The molecule has 1 fully saturated rings. The standard InChI is InChI=1S/C18H29ClN4O/c1-14(24-17-6-4-16(19)5-7-17)12-21-18(20-2)22-13-15-8-10-23(3)11-9-15/h4-7,14-15H,8-13H2,1-3H3,(H2,20,21,22). The Morgan fingerprint density at radius 1 is 1.29 bits per heavy atom. The molecular weight excluding hydrogens is 324 g/mol. The van der Waals surface area contributed by atoms with Crippen LogP contribution in [-0.4, -0.2) is 57.2 Å². The van der Waals surface area contributed by atoms with Crippen LogP contribution in [0.4, 0.5) is 0 Å². The summed E-state index contributed by atoms with van der Waals surface area (Å²) in [5, 5.41) is 7.47. The van der Waals surface area contributed by atoms with Gasteiger partial charge in [0.1, 0.15) is 11.9 Å². The van der Waals surface area contributed by atoms with E-state index in [1.165, 1.54) is 25.9 Å². The predicted octanol–water partition coefficient (Wildman–Crippen LogP) is 2.61. The molecule has 0 bridgehead atoms. The summed E-state index contributed by atoms with van der Waals surface area (Å²) in [5.41, 5.74) is 0. The third-order valence-corrected chi connectivity index (χ3v) is 4.58. The molecule has 1 unspecified atom stereocenters. The fourth-order valence-electron chi connectivity index (χ4n) is 2.76. The van der Waals surface area contributed by atoms with E-state index >= 15 is 0 Å². The number of hydrogen-bond acceptors (Lipinski definition) is 3. The van der Waals surface area contributed by atoms with Gasteiger partial charge in [-0.25, -0.2) is 0 Å². The highest BCUT2D eigenvalue weighted by molar-refractivity contribution is 6.30. The summed E-state index contributed by atoms with van der Waals surface area (Å²) in [6.07, 6.45) is 2.53. The minimum Gasteiger partial charge on any atom is -0.489 e. The highest BCUT2D eigenvalue weighted by Crippen LogP contribution is 2.16. The van der Waals surface area contributed by atoms with Gasteiger partial charge in [0.05, 0.1) is 6.54 Å². The lowest BCUT2D eigenvalue weighted by atomic mass is 9.97. The van der Waals surface area contributed by atoms with Crippen molar-refractivity contribution < 1.29 is 4.74 Å². The van der Waals surface area contributed by atoms with E-state index < -0.39 is 0 Å². The molecular formula is C18H29ClN4O. The summed E-state index contributed by atoms with van der Waals surface area (Å²) in [4.78, 5) is 6.68. The number of halogens is 1. The van der Waals surface area contributed by atoms with E-state index in [9.17, 15) is 0 Å². The molecule has 5 nitrogen and oxygen atoms in total. The zero-order valence-electron chi connectivity index (χ0n) is 14.9. The van der Waals surface area contributed by atoms with Gasteiger partial charge >= 0.3 is 0 Å². The SMILES string of the molecule is CN=C(NCC1CCN(C)CC1)NCC(C)Oc1ccc(Cl)cc1. The maximum absolute atomic E-state index is 5.88. The molecule has 0 aliphatic carbocycles. The molecule has 1 aliphatic heterocycles.